The van der Waals surface area contributed by atoms with Crippen LogP contribution in [0.1, 0.15) is 5.56 Å². The molecule has 88 valence electrons. The Morgan fingerprint density at radius 3 is 2.88 bits per heavy atom. The topological polar surface area (TPSA) is 69.4 Å². The number of nitrogens with zero attached hydrogens (tertiary/aromatic N) is 1. The van der Waals surface area contributed by atoms with Crippen LogP contribution in [0.25, 0.3) is 0 Å². The molecule has 2 unspecified atom stereocenters. The van der Waals surface area contributed by atoms with E-state index in [2.05, 4.69) is 10.4 Å². The molecule has 1 aliphatic heterocycles. The molecule has 1 aromatic heterocycles. The number of nitrogens with one attached hydrogen (secondary N) is 1. The van der Waals surface area contributed by atoms with Gasteiger partial charge in [0.2, 0.25) is 0 Å². The molecular weight excluding hydrogens is 206 g/mol. The van der Waals surface area contributed by atoms with Crippen molar-refractivity contribution < 1.29 is 9.47 Å². The minimum absolute atomic E-state index is 0.0203. The number of ether oxygens (including phenoxy) is 2. The quantitative estimate of drug-likeness (QED) is 0.550. The van der Waals surface area contributed by atoms with Crippen molar-refractivity contribution in [2.75, 3.05) is 19.8 Å². The van der Waals surface area contributed by atoms with E-state index in [9.17, 15) is 0 Å². The summed E-state index contributed by atoms with van der Waals surface area (Å²) in [5.74, 6) is 5.55. The summed E-state index contributed by atoms with van der Waals surface area (Å²) in [6.07, 6.45) is 4.39. The highest BCUT2D eigenvalue weighted by Crippen LogP contribution is 2.10. The number of hydrogen-bond acceptors (Lipinski definition) is 5. The third kappa shape index (κ3) is 2.99. The highest BCUT2D eigenvalue weighted by molar-refractivity contribution is 5.11. The van der Waals surface area contributed by atoms with Crippen molar-refractivity contribution in [3.63, 3.8) is 0 Å². The summed E-state index contributed by atoms with van der Waals surface area (Å²) in [5, 5.41) is 0. The molecule has 1 aromatic rings. The van der Waals surface area contributed by atoms with Crippen LogP contribution in [0.3, 0.4) is 0 Å². The van der Waals surface area contributed by atoms with Gasteiger partial charge in [0.1, 0.15) is 0 Å². The molecule has 3 N–H and O–H groups in total. The van der Waals surface area contributed by atoms with E-state index in [1.54, 1.807) is 12.4 Å². The maximum absolute atomic E-state index is 5.62. The largest absolute Gasteiger partial charge is 0.376 e. The lowest BCUT2D eigenvalue weighted by Gasteiger charge is -2.30. The summed E-state index contributed by atoms with van der Waals surface area (Å²) >= 11 is 0. The van der Waals surface area contributed by atoms with Gasteiger partial charge in [0, 0.05) is 12.4 Å². The van der Waals surface area contributed by atoms with E-state index >= 15 is 0 Å². The van der Waals surface area contributed by atoms with E-state index in [4.69, 9.17) is 15.3 Å². The van der Waals surface area contributed by atoms with Crippen LogP contribution in [0, 0.1) is 0 Å². The number of pyridine rings is 1. The average molecular weight is 223 g/mol. The van der Waals surface area contributed by atoms with Crippen LogP contribution in [0.15, 0.2) is 24.5 Å². The lowest BCUT2D eigenvalue weighted by atomic mass is 10.0. The van der Waals surface area contributed by atoms with Crippen LogP contribution >= 0.6 is 0 Å². The van der Waals surface area contributed by atoms with Crippen molar-refractivity contribution >= 4 is 0 Å². The molecule has 0 bridgehead atoms. The summed E-state index contributed by atoms with van der Waals surface area (Å²) in [4.78, 5) is 3.98. The SMILES string of the molecule is NNC(Cc1ccncc1)C1COCCO1. The Kier molecular flexibility index (Phi) is 4.24. The van der Waals surface area contributed by atoms with Gasteiger partial charge in [-0.2, -0.15) is 0 Å². The van der Waals surface area contributed by atoms with Crippen molar-refractivity contribution in [3.8, 4) is 0 Å². The van der Waals surface area contributed by atoms with Crippen molar-refractivity contribution in [1.82, 2.24) is 10.4 Å². The monoisotopic (exact) mass is 223 g/mol. The fourth-order valence-corrected chi connectivity index (χ4v) is 1.81. The summed E-state index contributed by atoms with van der Waals surface area (Å²) in [6.45, 7) is 1.90. The van der Waals surface area contributed by atoms with Crippen LogP contribution < -0.4 is 11.3 Å². The maximum Gasteiger partial charge on any atom is 0.0978 e. The Balaban J connectivity index is 1.94. The minimum Gasteiger partial charge on any atom is -0.376 e. The summed E-state index contributed by atoms with van der Waals surface area (Å²) in [7, 11) is 0. The van der Waals surface area contributed by atoms with Crippen LogP contribution in [-0.4, -0.2) is 37.0 Å². The molecule has 2 atom stereocenters. The Morgan fingerprint density at radius 2 is 2.25 bits per heavy atom. The molecule has 1 fully saturated rings. The van der Waals surface area contributed by atoms with Gasteiger partial charge >= 0.3 is 0 Å². The molecular formula is C11H17N3O2. The first-order chi connectivity index (χ1) is 7.90. The van der Waals surface area contributed by atoms with Gasteiger partial charge in [-0.15, -0.1) is 0 Å². The van der Waals surface area contributed by atoms with Gasteiger partial charge in [-0.1, -0.05) is 0 Å². The Hall–Kier alpha value is -1.01. The van der Waals surface area contributed by atoms with Gasteiger partial charge < -0.3 is 9.47 Å². The highest BCUT2D eigenvalue weighted by Gasteiger charge is 2.24. The van der Waals surface area contributed by atoms with E-state index in [0.29, 0.717) is 19.8 Å². The van der Waals surface area contributed by atoms with Crippen LogP contribution in [0.2, 0.25) is 0 Å². The zero-order valence-corrected chi connectivity index (χ0v) is 9.13. The molecule has 5 nitrogen and oxygen atoms in total. The van der Waals surface area contributed by atoms with Crippen molar-refractivity contribution in [2.45, 2.75) is 18.6 Å². The van der Waals surface area contributed by atoms with Crippen LogP contribution in [0.5, 0.6) is 0 Å². The Morgan fingerprint density at radius 1 is 1.44 bits per heavy atom. The van der Waals surface area contributed by atoms with Crippen LogP contribution in [-0.2, 0) is 15.9 Å². The molecule has 0 spiro atoms. The third-order valence-corrected chi connectivity index (χ3v) is 2.71. The molecule has 0 aliphatic carbocycles. The molecule has 1 saturated heterocycles. The Labute approximate surface area is 94.9 Å². The molecule has 2 heterocycles. The maximum atomic E-state index is 5.62. The van der Waals surface area contributed by atoms with E-state index in [-0.39, 0.29) is 12.1 Å². The zero-order valence-electron chi connectivity index (χ0n) is 9.13. The molecule has 5 heteroatoms. The number of hydrazine groups is 1. The second kappa shape index (κ2) is 5.91. The van der Waals surface area contributed by atoms with Gasteiger partial charge in [0.25, 0.3) is 0 Å². The number of rotatable bonds is 4. The minimum atomic E-state index is 0.0203. The fraction of sp³-hybridized carbons (Fsp3) is 0.545. The molecule has 0 radical (unpaired) electrons. The van der Waals surface area contributed by atoms with E-state index in [0.717, 1.165) is 6.42 Å². The first-order valence-electron chi connectivity index (χ1n) is 5.44. The lowest BCUT2D eigenvalue weighted by Crippen LogP contribution is -2.50. The van der Waals surface area contributed by atoms with Gasteiger partial charge in [-0.25, -0.2) is 0 Å². The molecule has 0 saturated carbocycles. The van der Waals surface area contributed by atoms with Gasteiger partial charge in [-0.05, 0) is 24.1 Å². The van der Waals surface area contributed by atoms with Gasteiger partial charge in [0.15, 0.2) is 0 Å². The fourth-order valence-electron chi connectivity index (χ4n) is 1.81. The average Bonchev–Trinajstić information content (AvgIpc) is 2.38. The summed E-state index contributed by atoms with van der Waals surface area (Å²) in [5.41, 5.74) is 3.98. The van der Waals surface area contributed by atoms with Crippen molar-refractivity contribution in [3.05, 3.63) is 30.1 Å². The standard InChI is InChI=1S/C11H17N3O2/c12-14-10(11-8-15-5-6-16-11)7-9-1-3-13-4-2-9/h1-4,10-11,14H,5-8,12H2. The molecule has 2 rings (SSSR count). The zero-order chi connectivity index (χ0) is 11.2. The molecule has 0 amide bonds. The van der Waals surface area contributed by atoms with Gasteiger partial charge in [0.05, 0.1) is 32.0 Å². The van der Waals surface area contributed by atoms with E-state index < -0.39 is 0 Å². The Bertz CT molecular complexity index is 301. The second-order valence-corrected chi connectivity index (χ2v) is 3.82. The first kappa shape index (κ1) is 11.5. The van der Waals surface area contributed by atoms with E-state index in [1.165, 1.54) is 5.56 Å². The summed E-state index contributed by atoms with van der Waals surface area (Å²) < 4.78 is 11.0. The molecule has 0 aromatic carbocycles. The number of hydrogen-bond donors (Lipinski definition) is 2. The normalized spacial score (nSPS) is 22.9. The highest BCUT2D eigenvalue weighted by atomic mass is 16.6. The van der Waals surface area contributed by atoms with Crippen molar-refractivity contribution in [2.24, 2.45) is 5.84 Å². The predicted octanol–water partition coefficient (Wildman–Crippen LogP) is -0.129. The lowest BCUT2D eigenvalue weighted by molar-refractivity contribution is -0.101. The van der Waals surface area contributed by atoms with Gasteiger partial charge in [-0.3, -0.25) is 16.3 Å². The number of nitrogens with two attached hydrogens (primary N) is 1. The smallest absolute Gasteiger partial charge is 0.0978 e. The van der Waals surface area contributed by atoms with Crippen molar-refractivity contribution in [1.29, 1.82) is 0 Å². The summed E-state index contributed by atoms with van der Waals surface area (Å²) in [6, 6.07) is 4.03. The molecule has 1 aliphatic rings. The predicted molar refractivity (Wildman–Crippen MR) is 59.6 cm³/mol. The molecule has 16 heavy (non-hydrogen) atoms. The first-order valence-corrected chi connectivity index (χ1v) is 5.44. The number of aromatic nitrogens is 1. The second-order valence-electron chi connectivity index (χ2n) is 3.82. The van der Waals surface area contributed by atoms with Crippen LogP contribution in [0.4, 0.5) is 0 Å². The third-order valence-electron chi connectivity index (χ3n) is 2.71. The van der Waals surface area contributed by atoms with E-state index in [1.807, 2.05) is 12.1 Å².